The molecule has 0 spiro atoms. The Labute approximate surface area is 133 Å². The molecule has 1 atom stereocenters. The summed E-state index contributed by atoms with van der Waals surface area (Å²) < 4.78 is 9.91. The van der Waals surface area contributed by atoms with Crippen LogP contribution in [0.15, 0.2) is 24.3 Å². The van der Waals surface area contributed by atoms with Crippen LogP contribution >= 0.6 is 0 Å². The Bertz CT molecular complexity index is 543. The molecular formula is C15H20N2O6. The van der Waals surface area contributed by atoms with E-state index in [0.717, 1.165) is 12.8 Å². The SMILES string of the molecule is CCC[C@H](C)NC(=O)COC(=O)COc1ccc([N+](=O)[O-])cc1. The Morgan fingerprint density at radius 1 is 1.26 bits per heavy atom. The van der Waals surface area contributed by atoms with Gasteiger partial charge in [-0.1, -0.05) is 13.3 Å². The van der Waals surface area contributed by atoms with E-state index in [-0.39, 0.29) is 30.9 Å². The molecule has 1 amide bonds. The summed E-state index contributed by atoms with van der Waals surface area (Å²) in [5.74, 6) is -0.759. The van der Waals surface area contributed by atoms with E-state index >= 15 is 0 Å². The second kappa shape index (κ2) is 9.39. The molecule has 1 rings (SSSR count). The molecule has 0 fully saturated rings. The van der Waals surface area contributed by atoms with Crippen molar-refractivity contribution in [3.05, 3.63) is 34.4 Å². The first-order chi connectivity index (χ1) is 10.9. The van der Waals surface area contributed by atoms with Gasteiger partial charge in [-0.2, -0.15) is 0 Å². The van der Waals surface area contributed by atoms with E-state index in [1.165, 1.54) is 24.3 Å². The maximum Gasteiger partial charge on any atom is 0.344 e. The number of esters is 1. The van der Waals surface area contributed by atoms with E-state index in [9.17, 15) is 19.7 Å². The summed E-state index contributed by atoms with van der Waals surface area (Å²) in [6.07, 6.45) is 1.80. The molecular weight excluding hydrogens is 304 g/mol. The molecule has 1 N–H and O–H groups in total. The summed E-state index contributed by atoms with van der Waals surface area (Å²) in [6, 6.07) is 5.32. The minimum Gasteiger partial charge on any atom is -0.482 e. The third-order valence-electron chi connectivity index (χ3n) is 2.90. The van der Waals surface area contributed by atoms with Crippen LogP contribution in [0.2, 0.25) is 0 Å². The van der Waals surface area contributed by atoms with Crippen molar-refractivity contribution in [3.63, 3.8) is 0 Å². The van der Waals surface area contributed by atoms with Gasteiger partial charge in [-0.3, -0.25) is 14.9 Å². The average molecular weight is 324 g/mol. The number of carbonyl (C=O) groups excluding carboxylic acids is 2. The monoisotopic (exact) mass is 324 g/mol. The number of non-ortho nitro benzene ring substituents is 1. The number of amides is 1. The Morgan fingerprint density at radius 2 is 1.91 bits per heavy atom. The van der Waals surface area contributed by atoms with Crippen molar-refractivity contribution >= 4 is 17.6 Å². The van der Waals surface area contributed by atoms with Gasteiger partial charge in [0.05, 0.1) is 4.92 Å². The van der Waals surface area contributed by atoms with Gasteiger partial charge in [0.2, 0.25) is 0 Å². The molecule has 0 saturated carbocycles. The van der Waals surface area contributed by atoms with Gasteiger partial charge in [0.1, 0.15) is 5.75 Å². The first-order valence-corrected chi connectivity index (χ1v) is 7.24. The van der Waals surface area contributed by atoms with Crippen LogP contribution < -0.4 is 10.1 Å². The fourth-order valence-corrected chi connectivity index (χ4v) is 1.82. The molecule has 0 aliphatic carbocycles. The Morgan fingerprint density at radius 3 is 2.48 bits per heavy atom. The predicted molar refractivity (Wildman–Crippen MR) is 82.1 cm³/mol. The Balaban J connectivity index is 2.28. The number of nitrogens with zero attached hydrogens (tertiary/aromatic N) is 1. The molecule has 0 aliphatic rings. The number of carbonyl (C=O) groups is 2. The van der Waals surface area contributed by atoms with E-state index < -0.39 is 10.9 Å². The van der Waals surface area contributed by atoms with Crippen molar-refractivity contribution in [1.82, 2.24) is 5.32 Å². The highest BCUT2D eigenvalue weighted by molar-refractivity contribution is 5.81. The maximum absolute atomic E-state index is 11.5. The molecule has 8 nitrogen and oxygen atoms in total. The Kier molecular flexibility index (Phi) is 7.52. The lowest BCUT2D eigenvalue weighted by Gasteiger charge is -2.12. The van der Waals surface area contributed by atoms with E-state index in [2.05, 4.69) is 5.32 Å². The lowest BCUT2D eigenvalue weighted by Crippen LogP contribution is -2.36. The zero-order valence-corrected chi connectivity index (χ0v) is 13.1. The molecule has 0 saturated heterocycles. The number of nitro groups is 1. The maximum atomic E-state index is 11.5. The minimum atomic E-state index is -0.693. The lowest BCUT2D eigenvalue weighted by atomic mass is 10.2. The zero-order chi connectivity index (χ0) is 17.2. The smallest absolute Gasteiger partial charge is 0.344 e. The van der Waals surface area contributed by atoms with Crippen LogP contribution in [-0.2, 0) is 14.3 Å². The van der Waals surface area contributed by atoms with E-state index in [1.807, 2.05) is 13.8 Å². The van der Waals surface area contributed by atoms with E-state index in [0.29, 0.717) is 5.75 Å². The number of hydrogen-bond donors (Lipinski definition) is 1. The molecule has 1 aromatic carbocycles. The first kappa shape index (κ1) is 18.4. The first-order valence-electron chi connectivity index (χ1n) is 7.24. The van der Waals surface area contributed by atoms with Gasteiger partial charge in [-0.15, -0.1) is 0 Å². The quantitative estimate of drug-likeness (QED) is 0.422. The van der Waals surface area contributed by atoms with Gasteiger partial charge in [-0.25, -0.2) is 4.79 Å². The van der Waals surface area contributed by atoms with Crippen molar-refractivity contribution in [2.75, 3.05) is 13.2 Å². The second-order valence-electron chi connectivity index (χ2n) is 4.96. The van der Waals surface area contributed by atoms with E-state index in [1.54, 1.807) is 0 Å². The van der Waals surface area contributed by atoms with Gasteiger partial charge in [0.25, 0.3) is 11.6 Å². The largest absolute Gasteiger partial charge is 0.482 e. The van der Waals surface area contributed by atoms with Crippen molar-refractivity contribution < 1.29 is 24.0 Å². The molecule has 23 heavy (non-hydrogen) atoms. The molecule has 0 heterocycles. The molecule has 1 aromatic rings. The summed E-state index contributed by atoms with van der Waals surface area (Å²) >= 11 is 0. The minimum absolute atomic E-state index is 0.0301. The number of hydrogen-bond acceptors (Lipinski definition) is 6. The van der Waals surface area contributed by atoms with Crippen molar-refractivity contribution in [2.24, 2.45) is 0 Å². The van der Waals surface area contributed by atoms with Crippen LogP contribution in [0.1, 0.15) is 26.7 Å². The van der Waals surface area contributed by atoms with Crippen molar-refractivity contribution in [2.45, 2.75) is 32.7 Å². The summed E-state index contributed by atoms with van der Waals surface area (Å²) in [7, 11) is 0. The van der Waals surface area contributed by atoms with Gasteiger partial charge >= 0.3 is 5.97 Å². The highest BCUT2D eigenvalue weighted by atomic mass is 16.6. The second-order valence-corrected chi connectivity index (χ2v) is 4.96. The average Bonchev–Trinajstić information content (AvgIpc) is 2.51. The van der Waals surface area contributed by atoms with Gasteiger partial charge in [0.15, 0.2) is 13.2 Å². The standard InChI is InChI=1S/C15H20N2O6/c1-3-4-11(2)16-14(18)9-23-15(19)10-22-13-7-5-12(6-8-13)17(20)21/h5-8,11H,3-4,9-10H2,1-2H3,(H,16,18)/t11-/m0/s1. The molecule has 0 bridgehead atoms. The predicted octanol–water partition coefficient (Wildman–Crippen LogP) is 1.82. The molecule has 0 unspecified atom stereocenters. The zero-order valence-electron chi connectivity index (χ0n) is 13.1. The third kappa shape index (κ3) is 7.25. The van der Waals surface area contributed by atoms with Gasteiger partial charge in [-0.05, 0) is 25.5 Å². The number of benzene rings is 1. The highest BCUT2D eigenvalue weighted by Gasteiger charge is 2.11. The summed E-state index contributed by atoms with van der Waals surface area (Å²) in [5, 5.41) is 13.2. The van der Waals surface area contributed by atoms with Gasteiger partial charge in [0, 0.05) is 18.2 Å². The van der Waals surface area contributed by atoms with Crippen LogP contribution in [0, 0.1) is 10.1 Å². The summed E-state index contributed by atoms with van der Waals surface area (Å²) in [6.45, 7) is 3.14. The highest BCUT2D eigenvalue weighted by Crippen LogP contribution is 2.17. The molecule has 8 heteroatoms. The molecule has 126 valence electrons. The fraction of sp³-hybridized carbons (Fsp3) is 0.467. The topological polar surface area (TPSA) is 108 Å². The molecule has 0 radical (unpaired) electrons. The Hall–Kier alpha value is -2.64. The lowest BCUT2D eigenvalue weighted by molar-refractivity contribution is -0.384. The normalized spacial score (nSPS) is 11.4. The number of nitrogens with one attached hydrogen (secondary N) is 1. The van der Waals surface area contributed by atoms with Crippen LogP contribution in [0.3, 0.4) is 0 Å². The van der Waals surface area contributed by atoms with Crippen LogP contribution in [0.4, 0.5) is 5.69 Å². The summed E-state index contributed by atoms with van der Waals surface area (Å²) in [4.78, 5) is 33.0. The third-order valence-corrected chi connectivity index (χ3v) is 2.90. The summed E-state index contributed by atoms with van der Waals surface area (Å²) in [5.41, 5.74) is -0.0715. The van der Waals surface area contributed by atoms with Crippen LogP contribution in [0.25, 0.3) is 0 Å². The van der Waals surface area contributed by atoms with Crippen LogP contribution in [-0.4, -0.2) is 36.1 Å². The van der Waals surface area contributed by atoms with Crippen molar-refractivity contribution in [3.8, 4) is 5.75 Å². The van der Waals surface area contributed by atoms with Crippen LogP contribution in [0.5, 0.6) is 5.75 Å². The van der Waals surface area contributed by atoms with E-state index in [4.69, 9.17) is 9.47 Å². The fourth-order valence-electron chi connectivity index (χ4n) is 1.82. The molecule has 0 aromatic heterocycles. The number of nitro benzene ring substituents is 1. The molecule has 0 aliphatic heterocycles. The van der Waals surface area contributed by atoms with Crippen molar-refractivity contribution in [1.29, 1.82) is 0 Å². The van der Waals surface area contributed by atoms with Gasteiger partial charge < -0.3 is 14.8 Å². The number of ether oxygens (including phenoxy) is 2. The number of rotatable bonds is 9.